The van der Waals surface area contributed by atoms with Crippen molar-refractivity contribution in [1.29, 1.82) is 0 Å². The summed E-state index contributed by atoms with van der Waals surface area (Å²) < 4.78 is 10.5. The molecule has 118 valence electrons. The van der Waals surface area contributed by atoms with Gasteiger partial charge in [-0.3, -0.25) is 4.79 Å². The Labute approximate surface area is 131 Å². The number of rotatable bonds is 10. The van der Waals surface area contributed by atoms with Crippen LogP contribution in [0.4, 0.5) is 0 Å². The van der Waals surface area contributed by atoms with Gasteiger partial charge in [0.25, 0.3) is 0 Å². The molecule has 0 aliphatic heterocycles. The van der Waals surface area contributed by atoms with Crippen molar-refractivity contribution in [3.63, 3.8) is 0 Å². The first-order valence-corrected chi connectivity index (χ1v) is 7.36. The van der Waals surface area contributed by atoms with Crippen molar-refractivity contribution in [2.75, 3.05) is 33.9 Å². The molecule has 1 aromatic carbocycles. The van der Waals surface area contributed by atoms with Crippen LogP contribution in [0.15, 0.2) is 18.2 Å². The van der Waals surface area contributed by atoms with Gasteiger partial charge in [-0.2, -0.15) is 0 Å². The lowest BCUT2D eigenvalue weighted by Gasteiger charge is -2.10. The van der Waals surface area contributed by atoms with E-state index in [1.54, 1.807) is 14.2 Å². The number of hydrogen-bond acceptors (Lipinski definition) is 4. The smallest absolute Gasteiger partial charge is 0.219 e. The number of methoxy groups -OCH3 is 1. The van der Waals surface area contributed by atoms with Crippen molar-refractivity contribution in [3.05, 3.63) is 28.8 Å². The van der Waals surface area contributed by atoms with Crippen molar-refractivity contribution in [1.82, 2.24) is 10.6 Å². The molecule has 2 N–H and O–H groups in total. The summed E-state index contributed by atoms with van der Waals surface area (Å²) in [5.74, 6) is 0.663. The summed E-state index contributed by atoms with van der Waals surface area (Å²) in [5, 5.41) is 6.41. The van der Waals surface area contributed by atoms with E-state index in [0.29, 0.717) is 36.8 Å². The van der Waals surface area contributed by atoms with Crippen LogP contribution in [0.5, 0.6) is 5.75 Å². The number of benzene rings is 1. The highest BCUT2D eigenvalue weighted by atomic mass is 35.5. The predicted octanol–water partition coefficient (Wildman–Crippen LogP) is 1.98. The zero-order valence-corrected chi connectivity index (χ0v) is 13.3. The highest BCUT2D eigenvalue weighted by molar-refractivity contribution is 6.32. The molecule has 5 nitrogen and oxygen atoms in total. The number of nitrogens with one attached hydrogen (secondary N) is 2. The Hall–Kier alpha value is -1.30. The average molecular weight is 315 g/mol. The maximum absolute atomic E-state index is 11.1. The quantitative estimate of drug-likeness (QED) is 0.648. The summed E-state index contributed by atoms with van der Waals surface area (Å²) in [5.41, 5.74) is 1.09. The molecule has 0 bridgehead atoms. The first-order chi connectivity index (χ1) is 10.2. The Kier molecular flexibility index (Phi) is 8.82. The lowest BCUT2D eigenvalue weighted by atomic mass is 10.2. The summed E-state index contributed by atoms with van der Waals surface area (Å²) in [6.45, 7) is 2.69. The SMILES string of the molecule is CNC(=O)CCCOc1ccc(CNCCOC)cc1Cl. The number of ether oxygens (including phenoxy) is 2. The van der Waals surface area contributed by atoms with Gasteiger partial charge in [0.15, 0.2) is 0 Å². The molecule has 0 fully saturated rings. The van der Waals surface area contributed by atoms with Crippen LogP contribution in [-0.4, -0.2) is 39.8 Å². The minimum Gasteiger partial charge on any atom is -0.492 e. The van der Waals surface area contributed by atoms with Gasteiger partial charge in [-0.05, 0) is 24.1 Å². The minimum atomic E-state index is 0.0159. The van der Waals surface area contributed by atoms with Crippen molar-refractivity contribution in [2.45, 2.75) is 19.4 Å². The minimum absolute atomic E-state index is 0.0159. The second-order valence-corrected chi connectivity index (χ2v) is 4.97. The molecule has 0 unspecified atom stereocenters. The zero-order valence-electron chi connectivity index (χ0n) is 12.6. The van der Waals surface area contributed by atoms with Crippen LogP contribution >= 0.6 is 11.6 Å². The van der Waals surface area contributed by atoms with Crippen molar-refractivity contribution in [2.24, 2.45) is 0 Å². The fourth-order valence-corrected chi connectivity index (χ4v) is 1.98. The number of amides is 1. The molecule has 6 heteroatoms. The number of halogens is 1. The van der Waals surface area contributed by atoms with E-state index in [2.05, 4.69) is 10.6 Å². The first kappa shape index (κ1) is 17.8. The first-order valence-electron chi connectivity index (χ1n) is 6.99. The van der Waals surface area contributed by atoms with E-state index >= 15 is 0 Å². The van der Waals surface area contributed by atoms with E-state index in [1.165, 1.54) is 0 Å². The maximum atomic E-state index is 11.1. The second kappa shape index (κ2) is 10.4. The van der Waals surface area contributed by atoms with E-state index in [1.807, 2.05) is 18.2 Å². The number of carbonyl (C=O) groups excluding carboxylic acids is 1. The van der Waals surface area contributed by atoms with Gasteiger partial charge in [0.05, 0.1) is 18.2 Å². The summed E-state index contributed by atoms with van der Waals surface area (Å²) in [7, 11) is 3.30. The lowest BCUT2D eigenvalue weighted by molar-refractivity contribution is -0.120. The van der Waals surface area contributed by atoms with E-state index in [0.717, 1.165) is 18.7 Å². The number of carbonyl (C=O) groups is 1. The standard InChI is InChI=1S/C15H23ClN2O3/c1-17-15(19)4-3-8-21-14-6-5-12(10-13(14)16)11-18-7-9-20-2/h5-6,10,18H,3-4,7-9,11H2,1-2H3,(H,17,19). The van der Waals surface area contributed by atoms with Crippen molar-refractivity contribution >= 4 is 17.5 Å². The van der Waals surface area contributed by atoms with Gasteiger partial charge >= 0.3 is 0 Å². The molecule has 1 rings (SSSR count). The Bertz CT molecular complexity index is 441. The van der Waals surface area contributed by atoms with Gasteiger partial charge in [0, 0.05) is 33.7 Å². The Morgan fingerprint density at radius 2 is 2.14 bits per heavy atom. The fraction of sp³-hybridized carbons (Fsp3) is 0.533. The van der Waals surface area contributed by atoms with Gasteiger partial charge in [-0.25, -0.2) is 0 Å². The van der Waals surface area contributed by atoms with E-state index in [-0.39, 0.29) is 5.91 Å². The summed E-state index contributed by atoms with van der Waals surface area (Å²) in [6.07, 6.45) is 1.12. The molecule has 0 saturated carbocycles. The van der Waals surface area contributed by atoms with Gasteiger partial charge in [-0.15, -0.1) is 0 Å². The lowest BCUT2D eigenvalue weighted by Crippen LogP contribution is -2.18. The van der Waals surface area contributed by atoms with Crippen LogP contribution in [0.25, 0.3) is 0 Å². The molecular formula is C15H23ClN2O3. The highest BCUT2D eigenvalue weighted by Crippen LogP contribution is 2.25. The number of hydrogen-bond donors (Lipinski definition) is 2. The Balaban J connectivity index is 2.34. The van der Waals surface area contributed by atoms with Crippen LogP contribution in [0, 0.1) is 0 Å². The van der Waals surface area contributed by atoms with Crippen LogP contribution < -0.4 is 15.4 Å². The van der Waals surface area contributed by atoms with E-state index < -0.39 is 0 Å². The predicted molar refractivity (Wildman–Crippen MR) is 83.8 cm³/mol. The molecule has 0 heterocycles. The van der Waals surface area contributed by atoms with Gasteiger partial charge in [0.2, 0.25) is 5.91 Å². The highest BCUT2D eigenvalue weighted by Gasteiger charge is 2.04. The summed E-state index contributed by atoms with van der Waals surface area (Å²) in [6, 6.07) is 5.71. The zero-order chi connectivity index (χ0) is 15.5. The fourth-order valence-electron chi connectivity index (χ4n) is 1.72. The van der Waals surface area contributed by atoms with Gasteiger partial charge in [-0.1, -0.05) is 17.7 Å². The topological polar surface area (TPSA) is 59.6 Å². The molecule has 0 atom stereocenters. The largest absolute Gasteiger partial charge is 0.492 e. The third-order valence-corrected chi connectivity index (χ3v) is 3.19. The maximum Gasteiger partial charge on any atom is 0.219 e. The van der Waals surface area contributed by atoms with Gasteiger partial charge < -0.3 is 20.1 Å². The van der Waals surface area contributed by atoms with E-state index in [9.17, 15) is 4.79 Å². The third-order valence-electron chi connectivity index (χ3n) is 2.89. The molecular weight excluding hydrogens is 292 g/mol. The van der Waals surface area contributed by atoms with Crippen LogP contribution in [0.3, 0.4) is 0 Å². The molecule has 0 aliphatic carbocycles. The molecule has 0 aliphatic rings. The molecule has 0 radical (unpaired) electrons. The summed E-state index contributed by atoms with van der Waals surface area (Å²) in [4.78, 5) is 11.1. The second-order valence-electron chi connectivity index (χ2n) is 4.56. The molecule has 0 aromatic heterocycles. The van der Waals surface area contributed by atoms with Crippen molar-refractivity contribution < 1.29 is 14.3 Å². The molecule has 21 heavy (non-hydrogen) atoms. The van der Waals surface area contributed by atoms with Crippen LogP contribution in [0.1, 0.15) is 18.4 Å². The Morgan fingerprint density at radius 1 is 1.33 bits per heavy atom. The van der Waals surface area contributed by atoms with Crippen molar-refractivity contribution in [3.8, 4) is 5.75 Å². The molecule has 1 amide bonds. The molecule has 1 aromatic rings. The van der Waals surface area contributed by atoms with Crippen LogP contribution in [-0.2, 0) is 16.1 Å². The van der Waals surface area contributed by atoms with Gasteiger partial charge in [0.1, 0.15) is 5.75 Å². The van der Waals surface area contributed by atoms with Crippen LogP contribution in [0.2, 0.25) is 5.02 Å². The monoisotopic (exact) mass is 314 g/mol. The molecule has 0 saturated heterocycles. The average Bonchev–Trinajstić information content (AvgIpc) is 2.49. The van der Waals surface area contributed by atoms with E-state index in [4.69, 9.17) is 21.1 Å². The third kappa shape index (κ3) is 7.32. The Morgan fingerprint density at radius 3 is 2.81 bits per heavy atom. The summed E-state index contributed by atoms with van der Waals surface area (Å²) >= 11 is 6.18. The molecule has 0 spiro atoms. The normalized spacial score (nSPS) is 10.4.